The van der Waals surface area contributed by atoms with Crippen LogP contribution in [0, 0.1) is 12.7 Å². The first kappa shape index (κ1) is 12.8. The Labute approximate surface area is 106 Å². The smallest absolute Gasteiger partial charge is 0.126 e. The van der Waals surface area contributed by atoms with Gasteiger partial charge in [0, 0.05) is 18.8 Å². The van der Waals surface area contributed by atoms with Crippen molar-refractivity contribution in [1.29, 1.82) is 0 Å². The summed E-state index contributed by atoms with van der Waals surface area (Å²) in [5.74, 6) is -0.213. The van der Waals surface area contributed by atoms with Crippen molar-refractivity contribution >= 4 is 0 Å². The van der Waals surface area contributed by atoms with E-state index in [0.717, 1.165) is 11.1 Å². The van der Waals surface area contributed by atoms with Gasteiger partial charge < -0.3 is 5.73 Å². The van der Waals surface area contributed by atoms with Crippen molar-refractivity contribution in [2.24, 2.45) is 12.8 Å². The second-order valence-corrected chi connectivity index (χ2v) is 5.08. The van der Waals surface area contributed by atoms with Crippen molar-refractivity contribution in [1.82, 2.24) is 9.78 Å². The van der Waals surface area contributed by atoms with E-state index in [0.29, 0.717) is 12.0 Å². The topological polar surface area (TPSA) is 43.8 Å². The number of halogens is 1. The van der Waals surface area contributed by atoms with Gasteiger partial charge in [0.25, 0.3) is 0 Å². The van der Waals surface area contributed by atoms with Gasteiger partial charge in [-0.25, -0.2) is 4.39 Å². The van der Waals surface area contributed by atoms with E-state index in [1.165, 1.54) is 6.07 Å². The first-order chi connectivity index (χ1) is 8.38. The van der Waals surface area contributed by atoms with Crippen LogP contribution in [0.1, 0.15) is 23.6 Å². The third-order valence-electron chi connectivity index (χ3n) is 3.16. The highest BCUT2D eigenvalue weighted by atomic mass is 19.1. The summed E-state index contributed by atoms with van der Waals surface area (Å²) in [6, 6.07) is 5.17. The minimum Gasteiger partial charge on any atom is -0.321 e. The number of aryl methyl sites for hydroxylation is 2. The Balaban J connectivity index is 2.26. The van der Waals surface area contributed by atoms with E-state index in [1.54, 1.807) is 23.9 Å². The van der Waals surface area contributed by atoms with Crippen LogP contribution in [0.25, 0.3) is 0 Å². The Morgan fingerprint density at radius 2 is 2.17 bits per heavy atom. The summed E-state index contributed by atoms with van der Waals surface area (Å²) in [5, 5.41) is 4.11. The normalized spacial score (nSPS) is 14.5. The molecule has 18 heavy (non-hydrogen) atoms. The van der Waals surface area contributed by atoms with Crippen LogP contribution >= 0.6 is 0 Å². The van der Waals surface area contributed by atoms with Crippen molar-refractivity contribution in [3.63, 3.8) is 0 Å². The van der Waals surface area contributed by atoms with Gasteiger partial charge in [-0.3, -0.25) is 4.68 Å². The monoisotopic (exact) mass is 247 g/mol. The van der Waals surface area contributed by atoms with Crippen LogP contribution in [0.15, 0.2) is 30.6 Å². The molecule has 1 aromatic heterocycles. The van der Waals surface area contributed by atoms with Crippen LogP contribution in [0.2, 0.25) is 0 Å². The van der Waals surface area contributed by atoms with E-state index in [4.69, 9.17) is 5.73 Å². The third-order valence-corrected chi connectivity index (χ3v) is 3.16. The Hall–Kier alpha value is -1.68. The molecule has 2 aromatic rings. The highest BCUT2D eigenvalue weighted by Gasteiger charge is 2.23. The molecule has 3 nitrogen and oxygen atoms in total. The predicted octanol–water partition coefficient (Wildman–Crippen LogP) is 2.28. The number of benzene rings is 1. The molecule has 0 aliphatic heterocycles. The number of rotatable bonds is 3. The summed E-state index contributed by atoms with van der Waals surface area (Å²) < 4.78 is 15.3. The maximum absolute atomic E-state index is 13.6. The fourth-order valence-electron chi connectivity index (χ4n) is 2.04. The fraction of sp³-hybridized carbons (Fsp3) is 0.357. The van der Waals surface area contributed by atoms with Gasteiger partial charge in [-0.2, -0.15) is 5.10 Å². The molecule has 0 saturated carbocycles. The number of nitrogens with zero attached hydrogens (tertiary/aromatic N) is 2. The summed E-state index contributed by atoms with van der Waals surface area (Å²) in [4.78, 5) is 0. The van der Waals surface area contributed by atoms with Gasteiger partial charge in [0.1, 0.15) is 5.82 Å². The lowest BCUT2D eigenvalue weighted by Gasteiger charge is -2.25. The second-order valence-electron chi connectivity index (χ2n) is 5.08. The van der Waals surface area contributed by atoms with Crippen LogP contribution in [-0.2, 0) is 19.0 Å². The molecule has 0 fully saturated rings. The zero-order chi connectivity index (χ0) is 13.3. The lowest BCUT2D eigenvalue weighted by molar-refractivity contribution is 0.485. The summed E-state index contributed by atoms with van der Waals surface area (Å²) in [6.07, 6.45) is 4.34. The van der Waals surface area contributed by atoms with Crippen molar-refractivity contribution in [3.8, 4) is 0 Å². The van der Waals surface area contributed by atoms with Gasteiger partial charge in [-0.1, -0.05) is 12.1 Å². The fourth-order valence-corrected chi connectivity index (χ4v) is 2.04. The van der Waals surface area contributed by atoms with Gasteiger partial charge in [0.2, 0.25) is 0 Å². The van der Waals surface area contributed by atoms with Crippen LogP contribution < -0.4 is 5.73 Å². The van der Waals surface area contributed by atoms with E-state index in [2.05, 4.69) is 5.10 Å². The molecule has 4 heteroatoms. The molecule has 0 aliphatic carbocycles. The number of nitrogens with two attached hydrogens (primary N) is 1. The van der Waals surface area contributed by atoms with Crippen LogP contribution in [-0.4, -0.2) is 9.78 Å². The lowest BCUT2D eigenvalue weighted by Crippen LogP contribution is -2.35. The first-order valence-electron chi connectivity index (χ1n) is 5.91. The molecule has 0 spiro atoms. The van der Waals surface area contributed by atoms with E-state index < -0.39 is 5.54 Å². The van der Waals surface area contributed by atoms with Crippen molar-refractivity contribution in [3.05, 3.63) is 53.1 Å². The Morgan fingerprint density at radius 3 is 2.72 bits per heavy atom. The summed E-state index contributed by atoms with van der Waals surface area (Å²) in [5.41, 5.74) is 8.18. The number of hydrogen-bond acceptors (Lipinski definition) is 2. The van der Waals surface area contributed by atoms with Gasteiger partial charge in [-0.15, -0.1) is 0 Å². The molecule has 0 amide bonds. The lowest BCUT2D eigenvalue weighted by atomic mass is 9.87. The maximum atomic E-state index is 13.6. The molecule has 1 unspecified atom stereocenters. The average Bonchev–Trinajstić information content (AvgIpc) is 2.67. The summed E-state index contributed by atoms with van der Waals surface area (Å²) in [6.45, 7) is 3.65. The zero-order valence-corrected chi connectivity index (χ0v) is 10.9. The molecule has 2 rings (SSSR count). The first-order valence-corrected chi connectivity index (χ1v) is 5.91. The Morgan fingerprint density at radius 1 is 1.44 bits per heavy atom. The standard InChI is InChI=1S/C14H18FN3/c1-10-4-5-12(6-13(10)15)14(2,16)7-11-8-17-18(3)9-11/h4-6,8-9H,7,16H2,1-3H3. The molecule has 1 aromatic carbocycles. The molecule has 2 N–H and O–H groups in total. The summed E-state index contributed by atoms with van der Waals surface area (Å²) >= 11 is 0. The van der Waals surface area contributed by atoms with Gasteiger partial charge in [0.05, 0.1) is 6.20 Å². The van der Waals surface area contributed by atoms with Crippen molar-refractivity contribution < 1.29 is 4.39 Å². The van der Waals surface area contributed by atoms with Gasteiger partial charge in [0.15, 0.2) is 0 Å². The number of aromatic nitrogens is 2. The quantitative estimate of drug-likeness (QED) is 0.904. The Kier molecular flexibility index (Phi) is 3.22. The highest BCUT2D eigenvalue weighted by Crippen LogP contribution is 2.24. The molecule has 0 aliphatic rings. The van der Waals surface area contributed by atoms with Crippen LogP contribution in [0.3, 0.4) is 0 Å². The molecule has 96 valence electrons. The minimum absolute atomic E-state index is 0.213. The Bertz CT molecular complexity index is 558. The third kappa shape index (κ3) is 2.59. The van der Waals surface area contributed by atoms with Crippen LogP contribution in [0.5, 0.6) is 0 Å². The van der Waals surface area contributed by atoms with E-state index >= 15 is 0 Å². The molecule has 1 heterocycles. The van der Waals surface area contributed by atoms with Gasteiger partial charge in [-0.05, 0) is 43.0 Å². The molecule has 1 atom stereocenters. The van der Waals surface area contributed by atoms with E-state index in [9.17, 15) is 4.39 Å². The molecule has 0 radical (unpaired) electrons. The largest absolute Gasteiger partial charge is 0.321 e. The zero-order valence-electron chi connectivity index (χ0n) is 10.9. The molecule has 0 saturated heterocycles. The van der Waals surface area contributed by atoms with E-state index in [1.807, 2.05) is 26.2 Å². The summed E-state index contributed by atoms with van der Waals surface area (Å²) in [7, 11) is 1.86. The highest BCUT2D eigenvalue weighted by molar-refractivity contribution is 5.30. The number of hydrogen-bond donors (Lipinski definition) is 1. The second kappa shape index (κ2) is 4.53. The predicted molar refractivity (Wildman–Crippen MR) is 69.6 cm³/mol. The SMILES string of the molecule is Cc1ccc(C(C)(N)Cc2cnn(C)c2)cc1F. The maximum Gasteiger partial charge on any atom is 0.126 e. The van der Waals surface area contributed by atoms with E-state index in [-0.39, 0.29) is 5.82 Å². The van der Waals surface area contributed by atoms with Crippen LogP contribution in [0.4, 0.5) is 4.39 Å². The van der Waals surface area contributed by atoms with Crippen molar-refractivity contribution in [2.75, 3.05) is 0 Å². The molecule has 0 bridgehead atoms. The molecular formula is C14H18FN3. The van der Waals surface area contributed by atoms with Gasteiger partial charge >= 0.3 is 0 Å². The minimum atomic E-state index is -0.600. The van der Waals surface area contributed by atoms with Crippen molar-refractivity contribution in [2.45, 2.75) is 25.8 Å². The molecular weight excluding hydrogens is 229 g/mol. The average molecular weight is 247 g/mol.